The highest BCUT2D eigenvalue weighted by molar-refractivity contribution is 5.93. The van der Waals surface area contributed by atoms with Crippen molar-refractivity contribution in [3.05, 3.63) is 69.0 Å². The monoisotopic (exact) mass is 338 g/mol. The Balaban J connectivity index is 1.52. The lowest BCUT2D eigenvalue weighted by atomic mass is 10.0. The Labute approximate surface area is 142 Å². The highest BCUT2D eigenvalue weighted by Gasteiger charge is 2.26. The van der Waals surface area contributed by atoms with Crippen LogP contribution >= 0.6 is 0 Å². The van der Waals surface area contributed by atoms with Crippen LogP contribution < -0.4 is 11.2 Å². The molecule has 7 nitrogen and oxygen atoms in total. The Morgan fingerprint density at radius 3 is 2.52 bits per heavy atom. The third kappa shape index (κ3) is 2.77. The number of hydrogen-bond donors (Lipinski definition) is 2. The number of likely N-dealkylation sites (tertiary alicyclic amines) is 1. The van der Waals surface area contributed by atoms with Gasteiger partial charge >= 0.3 is 5.69 Å². The Bertz CT molecular complexity index is 1020. The Hall–Kier alpha value is -3.09. The van der Waals surface area contributed by atoms with E-state index in [4.69, 9.17) is 0 Å². The number of hydrogen-bond acceptors (Lipinski definition) is 3. The molecule has 1 aliphatic heterocycles. The van der Waals surface area contributed by atoms with Crippen molar-refractivity contribution in [2.24, 2.45) is 0 Å². The van der Waals surface area contributed by atoms with Gasteiger partial charge in [-0.2, -0.15) is 0 Å². The molecule has 2 N–H and O–H groups in total. The molecule has 1 fully saturated rings. The van der Waals surface area contributed by atoms with Gasteiger partial charge in [0.25, 0.3) is 5.91 Å². The second-order valence-electron chi connectivity index (χ2n) is 6.28. The van der Waals surface area contributed by atoms with Crippen LogP contribution in [0.5, 0.6) is 0 Å². The average Bonchev–Trinajstić information content (AvgIpc) is 2.97. The summed E-state index contributed by atoms with van der Waals surface area (Å²) in [5.74, 6) is -0.0963. The van der Waals surface area contributed by atoms with Gasteiger partial charge in [-0.25, -0.2) is 4.79 Å². The van der Waals surface area contributed by atoms with Gasteiger partial charge in [-0.3, -0.25) is 14.2 Å². The number of rotatable bonds is 2. The standard InChI is InChI=1S/C18H18N4O3/c23-16-6-5-12(11-19-16)17(24)21-9-7-13(8-10-21)22-15-4-2-1-3-14(15)20-18(22)25/h1-6,11,13H,7-10H2,(H,19,23)(H,20,25). The lowest BCUT2D eigenvalue weighted by molar-refractivity contribution is 0.0694. The van der Waals surface area contributed by atoms with Gasteiger partial charge in [-0.15, -0.1) is 0 Å². The van der Waals surface area contributed by atoms with Gasteiger partial charge in [0.2, 0.25) is 5.56 Å². The molecule has 1 amide bonds. The fourth-order valence-corrected chi connectivity index (χ4v) is 3.49. The molecule has 3 heterocycles. The predicted molar refractivity (Wildman–Crippen MR) is 93.8 cm³/mol. The van der Waals surface area contributed by atoms with E-state index in [1.807, 2.05) is 24.3 Å². The van der Waals surface area contributed by atoms with Gasteiger partial charge in [-0.1, -0.05) is 12.1 Å². The van der Waals surface area contributed by atoms with Crippen molar-refractivity contribution in [1.29, 1.82) is 0 Å². The number of benzene rings is 1. The van der Waals surface area contributed by atoms with Crippen molar-refractivity contribution in [3.63, 3.8) is 0 Å². The van der Waals surface area contributed by atoms with Gasteiger partial charge < -0.3 is 14.9 Å². The molecule has 0 spiro atoms. The minimum atomic E-state index is -0.228. The summed E-state index contributed by atoms with van der Waals surface area (Å²) in [6, 6.07) is 10.6. The van der Waals surface area contributed by atoms with E-state index in [0.29, 0.717) is 18.7 Å². The number of para-hydroxylation sites is 2. The summed E-state index contributed by atoms with van der Waals surface area (Å²) < 4.78 is 1.80. The van der Waals surface area contributed by atoms with Crippen LogP contribution in [0.2, 0.25) is 0 Å². The lowest BCUT2D eigenvalue weighted by Gasteiger charge is -2.32. The predicted octanol–water partition coefficient (Wildman–Crippen LogP) is 1.50. The number of nitrogens with one attached hydrogen (secondary N) is 2. The van der Waals surface area contributed by atoms with Crippen LogP contribution in [0.1, 0.15) is 29.2 Å². The first-order chi connectivity index (χ1) is 12.1. The average molecular weight is 338 g/mol. The second kappa shape index (κ2) is 6.08. The van der Waals surface area contributed by atoms with E-state index in [0.717, 1.165) is 23.9 Å². The first kappa shape index (κ1) is 15.4. The zero-order valence-electron chi connectivity index (χ0n) is 13.6. The maximum Gasteiger partial charge on any atom is 0.326 e. The van der Waals surface area contributed by atoms with Crippen molar-refractivity contribution in [2.75, 3.05) is 13.1 Å². The van der Waals surface area contributed by atoms with Crippen LogP contribution in [-0.4, -0.2) is 38.4 Å². The summed E-state index contributed by atoms with van der Waals surface area (Å²) in [5.41, 5.74) is 1.88. The number of carbonyl (C=O) groups excluding carboxylic acids is 1. The molecule has 7 heteroatoms. The molecular formula is C18H18N4O3. The Morgan fingerprint density at radius 2 is 1.80 bits per heavy atom. The molecule has 1 aliphatic rings. The molecule has 2 aromatic heterocycles. The van der Waals surface area contributed by atoms with Crippen molar-refractivity contribution < 1.29 is 4.79 Å². The molecule has 1 saturated heterocycles. The van der Waals surface area contributed by atoms with E-state index < -0.39 is 0 Å². The largest absolute Gasteiger partial charge is 0.338 e. The smallest absolute Gasteiger partial charge is 0.326 e. The number of nitrogens with zero attached hydrogens (tertiary/aromatic N) is 2. The summed E-state index contributed by atoms with van der Waals surface area (Å²) >= 11 is 0. The normalized spacial score (nSPS) is 15.6. The molecule has 0 radical (unpaired) electrons. The Morgan fingerprint density at radius 1 is 1.04 bits per heavy atom. The van der Waals surface area contributed by atoms with Crippen LogP contribution in [-0.2, 0) is 0 Å². The molecule has 25 heavy (non-hydrogen) atoms. The second-order valence-corrected chi connectivity index (χ2v) is 6.28. The number of piperidine rings is 1. The molecule has 0 unspecified atom stereocenters. The summed E-state index contributed by atoms with van der Waals surface area (Å²) in [6.07, 6.45) is 2.88. The van der Waals surface area contributed by atoms with E-state index in [-0.39, 0.29) is 23.2 Å². The third-order valence-electron chi connectivity index (χ3n) is 4.77. The molecular weight excluding hydrogens is 320 g/mol. The van der Waals surface area contributed by atoms with E-state index >= 15 is 0 Å². The molecule has 0 bridgehead atoms. The quantitative estimate of drug-likeness (QED) is 0.742. The van der Waals surface area contributed by atoms with Crippen molar-refractivity contribution in [2.45, 2.75) is 18.9 Å². The first-order valence-corrected chi connectivity index (χ1v) is 8.31. The van der Waals surface area contributed by atoms with Crippen molar-refractivity contribution in [3.8, 4) is 0 Å². The fourth-order valence-electron chi connectivity index (χ4n) is 3.49. The van der Waals surface area contributed by atoms with Gasteiger partial charge in [0, 0.05) is 31.4 Å². The number of aromatic nitrogens is 3. The summed E-state index contributed by atoms with van der Waals surface area (Å²) in [6.45, 7) is 1.16. The number of imidazole rings is 1. The van der Waals surface area contributed by atoms with Gasteiger partial charge in [0.05, 0.1) is 16.6 Å². The van der Waals surface area contributed by atoms with Gasteiger partial charge in [0.15, 0.2) is 0 Å². The number of amides is 1. The highest BCUT2D eigenvalue weighted by Crippen LogP contribution is 2.25. The summed E-state index contributed by atoms with van der Waals surface area (Å²) in [7, 11) is 0. The zero-order chi connectivity index (χ0) is 17.4. The van der Waals surface area contributed by atoms with Crippen LogP contribution in [0.4, 0.5) is 0 Å². The molecule has 3 aromatic rings. The van der Waals surface area contributed by atoms with Gasteiger partial charge in [-0.05, 0) is 31.0 Å². The number of H-pyrrole nitrogens is 2. The number of pyridine rings is 1. The number of carbonyl (C=O) groups is 1. The Kier molecular flexibility index (Phi) is 3.76. The van der Waals surface area contributed by atoms with Crippen LogP contribution in [0, 0.1) is 0 Å². The van der Waals surface area contributed by atoms with Crippen LogP contribution in [0.3, 0.4) is 0 Å². The maximum absolute atomic E-state index is 12.5. The number of fused-ring (bicyclic) bond motifs is 1. The maximum atomic E-state index is 12.5. The molecule has 0 saturated carbocycles. The van der Waals surface area contributed by atoms with E-state index in [9.17, 15) is 14.4 Å². The van der Waals surface area contributed by atoms with Crippen LogP contribution in [0.25, 0.3) is 11.0 Å². The van der Waals surface area contributed by atoms with Crippen molar-refractivity contribution >= 4 is 16.9 Å². The number of aromatic amines is 2. The molecule has 4 rings (SSSR count). The SMILES string of the molecule is O=C(c1ccc(=O)[nH]c1)N1CCC(n2c(=O)[nH]c3ccccc32)CC1. The molecule has 128 valence electrons. The van der Waals surface area contributed by atoms with Gasteiger partial charge in [0.1, 0.15) is 0 Å². The topological polar surface area (TPSA) is 91.0 Å². The van der Waals surface area contributed by atoms with Crippen LogP contribution in [0.15, 0.2) is 52.2 Å². The first-order valence-electron chi connectivity index (χ1n) is 8.31. The van der Waals surface area contributed by atoms with Crippen molar-refractivity contribution in [1.82, 2.24) is 19.4 Å². The third-order valence-corrected chi connectivity index (χ3v) is 4.77. The molecule has 0 atom stereocenters. The lowest BCUT2D eigenvalue weighted by Crippen LogP contribution is -2.40. The summed E-state index contributed by atoms with van der Waals surface area (Å²) in [5, 5.41) is 0. The minimum Gasteiger partial charge on any atom is -0.338 e. The molecule has 0 aliphatic carbocycles. The highest BCUT2D eigenvalue weighted by atomic mass is 16.2. The zero-order valence-corrected chi connectivity index (χ0v) is 13.6. The van der Waals surface area contributed by atoms with E-state index in [1.165, 1.54) is 18.3 Å². The minimum absolute atomic E-state index is 0.0725. The van der Waals surface area contributed by atoms with E-state index in [1.54, 1.807) is 9.47 Å². The molecule has 1 aromatic carbocycles. The fraction of sp³-hybridized carbons (Fsp3) is 0.278. The summed E-state index contributed by atoms with van der Waals surface area (Å²) in [4.78, 5) is 43.1. The van der Waals surface area contributed by atoms with E-state index in [2.05, 4.69) is 9.97 Å².